The Bertz CT molecular complexity index is 584. The first-order chi connectivity index (χ1) is 9.08. The molecule has 98 valence electrons. The summed E-state index contributed by atoms with van der Waals surface area (Å²) in [6, 6.07) is 2.75. The molecule has 0 unspecified atom stereocenters. The highest BCUT2D eigenvalue weighted by molar-refractivity contribution is 5.90. The molecule has 1 aromatic carbocycles. The number of carbonyl (C=O) groups excluding carboxylic acids is 1. The molecule has 0 bridgehead atoms. The maximum atomic E-state index is 13.1. The average Bonchev–Trinajstić information content (AvgIpc) is 2.41. The molecule has 1 aliphatic rings. The number of nitrogens with one attached hydrogen (secondary N) is 1. The number of hydrogen-bond donors (Lipinski definition) is 1. The van der Waals surface area contributed by atoms with Crippen LogP contribution in [0.2, 0.25) is 0 Å². The fraction of sp³-hybridized carbons (Fsp3) is 0.0833. The van der Waals surface area contributed by atoms with E-state index in [1.807, 2.05) is 0 Å². The normalized spacial score (nSPS) is 13.4. The van der Waals surface area contributed by atoms with Gasteiger partial charge in [-0.2, -0.15) is 4.39 Å². The summed E-state index contributed by atoms with van der Waals surface area (Å²) in [6.45, 7) is 0.408. The Morgan fingerprint density at radius 2 is 2.21 bits per heavy atom. The topological polar surface area (TPSA) is 75.5 Å². The molecule has 2 amide bonds. The van der Waals surface area contributed by atoms with Crippen LogP contribution < -0.4 is 5.32 Å². The van der Waals surface area contributed by atoms with Gasteiger partial charge in [0, 0.05) is 24.5 Å². The van der Waals surface area contributed by atoms with E-state index in [2.05, 4.69) is 5.32 Å². The van der Waals surface area contributed by atoms with Crippen molar-refractivity contribution < 1.29 is 14.1 Å². The Balaban J connectivity index is 2.13. The first-order valence-corrected chi connectivity index (χ1v) is 5.43. The van der Waals surface area contributed by atoms with Crippen molar-refractivity contribution in [2.45, 2.75) is 0 Å². The Labute approximate surface area is 108 Å². The van der Waals surface area contributed by atoms with Gasteiger partial charge in [0.25, 0.3) is 0 Å². The van der Waals surface area contributed by atoms with Gasteiger partial charge in [0.1, 0.15) is 0 Å². The number of halogens is 1. The number of urea groups is 1. The summed E-state index contributed by atoms with van der Waals surface area (Å²) >= 11 is 0. The van der Waals surface area contributed by atoms with Gasteiger partial charge in [-0.05, 0) is 18.2 Å². The minimum absolute atomic E-state index is 0.168. The molecule has 0 atom stereocenters. The fourth-order valence-corrected chi connectivity index (χ4v) is 1.54. The van der Waals surface area contributed by atoms with Crippen LogP contribution in [-0.4, -0.2) is 22.4 Å². The third-order valence-electron chi connectivity index (χ3n) is 2.47. The predicted molar refractivity (Wildman–Crippen MR) is 67.1 cm³/mol. The summed E-state index contributed by atoms with van der Waals surface area (Å²) in [6.07, 6.45) is 6.85. The van der Waals surface area contributed by atoms with Crippen molar-refractivity contribution in [1.82, 2.24) is 4.90 Å². The van der Waals surface area contributed by atoms with Crippen LogP contribution in [0.3, 0.4) is 0 Å². The number of anilines is 1. The van der Waals surface area contributed by atoms with Crippen molar-refractivity contribution in [3.63, 3.8) is 0 Å². The Hall–Kier alpha value is -2.70. The van der Waals surface area contributed by atoms with E-state index in [9.17, 15) is 19.3 Å². The van der Waals surface area contributed by atoms with E-state index >= 15 is 0 Å². The zero-order valence-electron chi connectivity index (χ0n) is 9.75. The Morgan fingerprint density at radius 3 is 2.84 bits per heavy atom. The van der Waals surface area contributed by atoms with Crippen LogP contribution in [-0.2, 0) is 0 Å². The van der Waals surface area contributed by atoms with E-state index in [-0.39, 0.29) is 5.69 Å². The molecule has 0 spiro atoms. The fourth-order valence-electron chi connectivity index (χ4n) is 1.54. The molecule has 1 N–H and O–H groups in total. The molecule has 0 radical (unpaired) electrons. The zero-order chi connectivity index (χ0) is 13.8. The van der Waals surface area contributed by atoms with E-state index in [0.717, 1.165) is 12.1 Å². The maximum absolute atomic E-state index is 13.1. The second kappa shape index (κ2) is 5.30. The van der Waals surface area contributed by atoms with Gasteiger partial charge in [0.15, 0.2) is 0 Å². The van der Waals surface area contributed by atoms with Crippen LogP contribution in [0.15, 0.2) is 42.6 Å². The van der Waals surface area contributed by atoms with Crippen LogP contribution in [0.4, 0.5) is 20.6 Å². The van der Waals surface area contributed by atoms with E-state index in [0.29, 0.717) is 6.54 Å². The standard InChI is InChI=1S/C12H10FN3O3/c13-10-5-4-9(8-11(10)16(18)19)14-12(17)15-6-2-1-3-7-15/h1-6,8H,7H2,(H,14,17). The van der Waals surface area contributed by atoms with E-state index in [1.54, 1.807) is 24.4 Å². The molecule has 1 aromatic rings. The number of amides is 2. The van der Waals surface area contributed by atoms with Crippen molar-refractivity contribution in [3.8, 4) is 0 Å². The van der Waals surface area contributed by atoms with Gasteiger partial charge >= 0.3 is 11.7 Å². The van der Waals surface area contributed by atoms with Crippen molar-refractivity contribution in [1.29, 1.82) is 0 Å². The van der Waals surface area contributed by atoms with Crippen molar-refractivity contribution >= 4 is 17.4 Å². The van der Waals surface area contributed by atoms with E-state index < -0.39 is 22.5 Å². The lowest BCUT2D eigenvalue weighted by molar-refractivity contribution is -0.387. The highest BCUT2D eigenvalue weighted by atomic mass is 19.1. The second-order valence-electron chi connectivity index (χ2n) is 3.78. The van der Waals surface area contributed by atoms with Crippen LogP contribution in [0.5, 0.6) is 0 Å². The first kappa shape index (κ1) is 12.7. The molecule has 7 heteroatoms. The highest BCUT2D eigenvalue weighted by Gasteiger charge is 2.16. The number of nitro groups is 1. The molecule has 1 heterocycles. The monoisotopic (exact) mass is 263 g/mol. The van der Waals surface area contributed by atoms with Crippen molar-refractivity contribution in [2.75, 3.05) is 11.9 Å². The summed E-state index contributed by atoms with van der Waals surface area (Å²) < 4.78 is 13.1. The lowest BCUT2D eigenvalue weighted by Gasteiger charge is -2.18. The van der Waals surface area contributed by atoms with E-state index in [1.165, 1.54) is 11.0 Å². The number of hydrogen-bond acceptors (Lipinski definition) is 3. The van der Waals surface area contributed by atoms with Crippen LogP contribution >= 0.6 is 0 Å². The number of rotatable bonds is 2. The van der Waals surface area contributed by atoms with Gasteiger partial charge in [0.2, 0.25) is 5.82 Å². The highest BCUT2D eigenvalue weighted by Crippen LogP contribution is 2.21. The summed E-state index contributed by atoms with van der Waals surface area (Å²) in [5.74, 6) is -0.941. The SMILES string of the molecule is O=C(Nc1ccc(F)c([N+](=O)[O-])c1)N1C=CC=CC1. The minimum Gasteiger partial charge on any atom is -0.307 e. The predicted octanol–water partition coefficient (Wildman–Crippen LogP) is 2.65. The van der Waals surface area contributed by atoms with Crippen LogP contribution in [0.25, 0.3) is 0 Å². The number of nitrogens with zero attached hydrogens (tertiary/aromatic N) is 2. The lowest BCUT2D eigenvalue weighted by Crippen LogP contribution is -2.31. The maximum Gasteiger partial charge on any atom is 0.326 e. The number of benzene rings is 1. The van der Waals surface area contributed by atoms with Gasteiger partial charge < -0.3 is 5.32 Å². The third kappa shape index (κ3) is 2.95. The second-order valence-corrected chi connectivity index (χ2v) is 3.78. The quantitative estimate of drug-likeness (QED) is 0.658. The largest absolute Gasteiger partial charge is 0.326 e. The lowest BCUT2D eigenvalue weighted by atomic mass is 10.2. The molecule has 0 aliphatic carbocycles. The number of carbonyl (C=O) groups is 1. The molecule has 0 saturated heterocycles. The molecule has 2 rings (SSSR count). The van der Waals surface area contributed by atoms with Gasteiger partial charge in [-0.15, -0.1) is 0 Å². The smallest absolute Gasteiger partial charge is 0.307 e. The molecular formula is C12H10FN3O3. The Kier molecular flexibility index (Phi) is 3.56. The summed E-state index contributed by atoms with van der Waals surface area (Å²) in [7, 11) is 0. The third-order valence-corrected chi connectivity index (χ3v) is 2.47. The van der Waals surface area contributed by atoms with Gasteiger partial charge in [0.05, 0.1) is 4.92 Å². The van der Waals surface area contributed by atoms with Gasteiger partial charge in [-0.1, -0.05) is 12.2 Å². The summed E-state index contributed by atoms with van der Waals surface area (Å²) in [5.41, 5.74) is -0.507. The molecule has 0 saturated carbocycles. The van der Waals surface area contributed by atoms with Crippen LogP contribution in [0, 0.1) is 15.9 Å². The molecule has 0 fully saturated rings. The number of nitro benzene ring substituents is 1. The average molecular weight is 263 g/mol. The molecule has 1 aliphatic heterocycles. The zero-order valence-corrected chi connectivity index (χ0v) is 9.75. The molecule has 19 heavy (non-hydrogen) atoms. The van der Waals surface area contributed by atoms with E-state index in [4.69, 9.17) is 0 Å². The van der Waals surface area contributed by atoms with Crippen molar-refractivity contribution in [3.05, 3.63) is 58.6 Å². The summed E-state index contributed by atoms with van der Waals surface area (Å²) in [5, 5.41) is 13.0. The Morgan fingerprint density at radius 1 is 1.42 bits per heavy atom. The molecule has 0 aromatic heterocycles. The van der Waals surface area contributed by atoms with Crippen LogP contribution in [0.1, 0.15) is 0 Å². The summed E-state index contributed by atoms with van der Waals surface area (Å²) in [4.78, 5) is 22.9. The molecular weight excluding hydrogens is 253 g/mol. The van der Waals surface area contributed by atoms with Crippen molar-refractivity contribution in [2.24, 2.45) is 0 Å². The minimum atomic E-state index is -0.941. The number of allylic oxidation sites excluding steroid dienone is 2. The first-order valence-electron chi connectivity index (χ1n) is 5.43. The van der Waals surface area contributed by atoms with Gasteiger partial charge in [-0.3, -0.25) is 15.0 Å². The van der Waals surface area contributed by atoms with Gasteiger partial charge in [-0.25, -0.2) is 4.79 Å². The molecule has 6 nitrogen and oxygen atoms in total.